The predicted octanol–water partition coefficient (Wildman–Crippen LogP) is 2.52. The van der Waals surface area contributed by atoms with Gasteiger partial charge in [-0.3, -0.25) is 4.55 Å². The molecule has 0 aliphatic carbocycles. The van der Waals surface area contributed by atoms with Gasteiger partial charge in [0.15, 0.2) is 0 Å². The van der Waals surface area contributed by atoms with E-state index < -0.39 is 28.6 Å². The summed E-state index contributed by atoms with van der Waals surface area (Å²) in [6, 6.07) is 0. The first-order chi connectivity index (χ1) is 9.89. The van der Waals surface area contributed by atoms with Crippen molar-refractivity contribution in [2.45, 2.75) is 83.8 Å². The average Bonchev–Trinajstić information content (AvgIpc) is 2.39. The van der Waals surface area contributed by atoms with E-state index in [2.05, 4.69) is 6.92 Å². The number of aliphatic hydroxyl groups excluding tert-OH is 1. The van der Waals surface area contributed by atoms with Crippen molar-refractivity contribution in [1.82, 2.24) is 0 Å². The first-order valence-corrected chi connectivity index (χ1v) is 9.71. The Morgan fingerprint density at radius 1 is 1.00 bits per heavy atom. The maximum atomic E-state index is 10.8. The zero-order chi connectivity index (χ0) is 16.1. The van der Waals surface area contributed by atoms with Gasteiger partial charge in [-0.05, 0) is 13.3 Å². The molecule has 0 aliphatic heterocycles. The van der Waals surface area contributed by atoms with Crippen molar-refractivity contribution in [3.63, 3.8) is 0 Å². The number of hydrogen-bond donors (Lipinski definition) is 2. The third-order valence-corrected chi connectivity index (χ3v) is 4.28. The van der Waals surface area contributed by atoms with Gasteiger partial charge in [0.2, 0.25) is 0 Å². The van der Waals surface area contributed by atoms with Gasteiger partial charge in [-0.15, -0.1) is 0 Å². The molecule has 2 atom stereocenters. The van der Waals surface area contributed by atoms with Crippen LogP contribution in [-0.4, -0.2) is 72.2 Å². The Morgan fingerprint density at radius 3 is 1.95 bits per heavy atom. The van der Waals surface area contributed by atoms with E-state index in [1.54, 1.807) is 0 Å². The fourth-order valence-corrected chi connectivity index (χ4v) is 2.99. The van der Waals surface area contributed by atoms with E-state index in [4.69, 9.17) is 14.4 Å². The summed E-state index contributed by atoms with van der Waals surface area (Å²) in [5.41, 5.74) is 0. The van der Waals surface area contributed by atoms with Gasteiger partial charge in [0.25, 0.3) is 10.1 Å². The van der Waals surface area contributed by atoms with E-state index in [1.165, 1.54) is 38.5 Å². The molecule has 5 nitrogen and oxygen atoms in total. The molecule has 0 spiro atoms. The van der Waals surface area contributed by atoms with E-state index in [0.29, 0.717) is 0 Å². The minimum absolute atomic E-state index is 0. The van der Waals surface area contributed by atoms with Crippen LogP contribution in [0.25, 0.3) is 0 Å². The molecule has 0 aromatic rings. The normalized spacial score (nSPS) is 14.4. The second kappa shape index (κ2) is 15.4. The van der Waals surface area contributed by atoms with Crippen molar-refractivity contribution in [2.24, 2.45) is 0 Å². The summed E-state index contributed by atoms with van der Waals surface area (Å²) in [4.78, 5) is 0. The Morgan fingerprint density at radius 2 is 1.50 bits per heavy atom. The summed E-state index contributed by atoms with van der Waals surface area (Å²) in [5.74, 6) is -0.550. The molecule has 0 fully saturated rings. The van der Waals surface area contributed by atoms with Crippen LogP contribution in [0.15, 0.2) is 0 Å². The van der Waals surface area contributed by atoms with Crippen LogP contribution >= 0.6 is 0 Å². The number of aliphatic hydroxyl groups is 1. The second-order valence-corrected chi connectivity index (χ2v) is 7.26. The Hall–Kier alpha value is 0.830. The van der Waals surface area contributed by atoms with Crippen LogP contribution in [0.1, 0.15) is 71.6 Å². The van der Waals surface area contributed by atoms with Crippen molar-refractivity contribution in [1.29, 1.82) is 0 Å². The topological polar surface area (TPSA) is 83.8 Å². The van der Waals surface area contributed by atoms with Gasteiger partial charge in [-0.25, -0.2) is 0 Å². The summed E-state index contributed by atoms with van der Waals surface area (Å²) < 4.78 is 35.7. The first kappa shape index (κ1) is 25.1. The number of rotatable bonds is 14. The molecule has 0 aromatic carbocycles. The molecule has 0 radical (unpaired) electrons. The summed E-state index contributed by atoms with van der Waals surface area (Å²) in [5, 5.41) is 9.05. The van der Waals surface area contributed by atoms with Gasteiger partial charge in [0.05, 0.1) is 18.8 Å². The summed E-state index contributed by atoms with van der Waals surface area (Å²) in [7, 11) is -4.11. The molecule has 0 heterocycles. The van der Waals surface area contributed by atoms with Crippen molar-refractivity contribution < 1.29 is 22.8 Å². The molecule has 0 saturated carbocycles. The van der Waals surface area contributed by atoms with Gasteiger partial charge in [0, 0.05) is 0 Å². The van der Waals surface area contributed by atoms with E-state index in [0.717, 1.165) is 19.3 Å². The van der Waals surface area contributed by atoms with Crippen LogP contribution in [0.4, 0.5) is 0 Å². The molecular formula is C15H33NaO5S. The number of ether oxygens (including phenoxy) is 1. The van der Waals surface area contributed by atoms with Gasteiger partial charge >= 0.3 is 29.6 Å². The molecule has 22 heavy (non-hydrogen) atoms. The van der Waals surface area contributed by atoms with Gasteiger partial charge in [-0.1, -0.05) is 58.3 Å². The van der Waals surface area contributed by atoms with Crippen LogP contribution < -0.4 is 0 Å². The van der Waals surface area contributed by atoms with Gasteiger partial charge in [0.1, 0.15) is 5.75 Å². The summed E-state index contributed by atoms with van der Waals surface area (Å²) in [6.07, 6.45) is 9.81. The van der Waals surface area contributed by atoms with Crippen LogP contribution in [0, 0.1) is 0 Å². The Kier molecular flexibility index (Phi) is 17.5. The molecular weight excluding hydrogens is 315 g/mol. The maximum absolute atomic E-state index is 10.8. The van der Waals surface area contributed by atoms with Crippen LogP contribution in [0.5, 0.6) is 0 Å². The quantitative estimate of drug-likeness (QED) is 0.286. The van der Waals surface area contributed by atoms with Gasteiger partial charge < -0.3 is 9.84 Å². The minimum atomic E-state index is -4.11. The Bertz CT molecular complexity index is 335. The molecule has 0 aliphatic rings. The Labute approximate surface area is 158 Å². The fourth-order valence-electron chi connectivity index (χ4n) is 2.33. The fraction of sp³-hybridized carbons (Fsp3) is 1.00. The SMILES string of the molecule is CCCCCCCCCCC(C)OC(CO)CS(=O)(=O)O.[NaH]. The van der Waals surface area contributed by atoms with Crippen molar-refractivity contribution in [3.8, 4) is 0 Å². The van der Waals surface area contributed by atoms with E-state index in [-0.39, 0.29) is 35.7 Å². The summed E-state index contributed by atoms with van der Waals surface area (Å²) >= 11 is 0. The molecule has 2 unspecified atom stereocenters. The predicted molar refractivity (Wildman–Crippen MR) is 92.2 cm³/mol. The second-order valence-electron chi connectivity index (χ2n) is 5.76. The van der Waals surface area contributed by atoms with E-state index in [9.17, 15) is 8.42 Å². The third kappa shape index (κ3) is 17.2. The molecule has 0 saturated heterocycles. The molecule has 0 bridgehead atoms. The van der Waals surface area contributed by atoms with Crippen molar-refractivity contribution >= 4 is 39.7 Å². The van der Waals surface area contributed by atoms with Crippen molar-refractivity contribution in [3.05, 3.63) is 0 Å². The van der Waals surface area contributed by atoms with Crippen LogP contribution in [0.3, 0.4) is 0 Å². The van der Waals surface area contributed by atoms with Crippen molar-refractivity contribution in [2.75, 3.05) is 12.4 Å². The number of unbranched alkanes of at least 4 members (excludes halogenated alkanes) is 7. The molecule has 0 aromatic heterocycles. The summed E-state index contributed by atoms with van der Waals surface area (Å²) in [6.45, 7) is 3.68. The number of hydrogen-bond acceptors (Lipinski definition) is 4. The zero-order valence-electron chi connectivity index (χ0n) is 13.5. The third-order valence-electron chi connectivity index (χ3n) is 3.49. The van der Waals surface area contributed by atoms with Gasteiger partial charge in [-0.2, -0.15) is 8.42 Å². The first-order valence-electron chi connectivity index (χ1n) is 8.10. The molecule has 7 heteroatoms. The molecule has 0 amide bonds. The van der Waals surface area contributed by atoms with E-state index >= 15 is 0 Å². The Balaban J connectivity index is 0. The standard InChI is InChI=1S/C15H32O5S.Na.H/c1-3-4-5-6-7-8-9-10-11-14(2)20-15(12-16)13-21(17,18)19;;/h14-16H,3-13H2,1-2H3,(H,17,18,19);;. The van der Waals surface area contributed by atoms with Crippen LogP contribution in [-0.2, 0) is 14.9 Å². The molecule has 2 N–H and O–H groups in total. The molecule has 130 valence electrons. The van der Waals surface area contributed by atoms with E-state index in [1.807, 2.05) is 6.92 Å². The molecule has 0 rings (SSSR count). The van der Waals surface area contributed by atoms with Crippen LogP contribution in [0.2, 0.25) is 0 Å². The average molecular weight is 348 g/mol. The monoisotopic (exact) mass is 348 g/mol. The zero-order valence-corrected chi connectivity index (χ0v) is 14.3.